The number of alkyl halides is 3. The smallest absolute Gasteiger partial charge is 0.416 e. The molecular formula is C27H23F3N2O5. The Morgan fingerprint density at radius 3 is 2.30 bits per heavy atom. The zero-order valence-corrected chi connectivity index (χ0v) is 19.9. The SMILES string of the molecule is COc1ccc(-c2nc(C(Oc3ccc(OCC(=O)O)c(C)c3)c3ccc(C(F)(F)F)cc3)c[nH]2)cc1. The van der Waals surface area contributed by atoms with Crippen LogP contribution < -0.4 is 14.2 Å². The summed E-state index contributed by atoms with van der Waals surface area (Å²) in [6, 6.07) is 16.8. The molecule has 192 valence electrons. The summed E-state index contributed by atoms with van der Waals surface area (Å²) >= 11 is 0. The summed E-state index contributed by atoms with van der Waals surface area (Å²) in [6.07, 6.45) is -3.67. The Bertz CT molecular complexity index is 1370. The molecule has 0 fully saturated rings. The van der Waals surface area contributed by atoms with Gasteiger partial charge in [-0.05, 0) is 72.6 Å². The first-order valence-electron chi connectivity index (χ1n) is 11.1. The van der Waals surface area contributed by atoms with Gasteiger partial charge in [-0.3, -0.25) is 0 Å². The lowest BCUT2D eigenvalue weighted by molar-refractivity contribution is -0.139. The summed E-state index contributed by atoms with van der Waals surface area (Å²) in [7, 11) is 1.57. The van der Waals surface area contributed by atoms with Crippen molar-refractivity contribution in [2.45, 2.75) is 19.2 Å². The molecule has 0 saturated carbocycles. The van der Waals surface area contributed by atoms with Gasteiger partial charge in [-0.25, -0.2) is 9.78 Å². The Hall–Kier alpha value is -4.47. The van der Waals surface area contributed by atoms with Gasteiger partial charge in [0.25, 0.3) is 0 Å². The van der Waals surface area contributed by atoms with Crippen LogP contribution in [-0.2, 0) is 11.0 Å². The van der Waals surface area contributed by atoms with Crippen molar-refractivity contribution in [1.82, 2.24) is 9.97 Å². The van der Waals surface area contributed by atoms with Crippen molar-refractivity contribution in [3.63, 3.8) is 0 Å². The number of carboxylic acids is 1. The minimum atomic E-state index is -4.47. The van der Waals surface area contributed by atoms with Crippen LogP contribution >= 0.6 is 0 Å². The number of benzene rings is 3. The Labute approximate surface area is 210 Å². The predicted molar refractivity (Wildman–Crippen MR) is 129 cm³/mol. The van der Waals surface area contributed by atoms with Gasteiger partial charge in [-0.1, -0.05) is 12.1 Å². The summed E-state index contributed by atoms with van der Waals surface area (Å²) in [5.74, 6) is 0.911. The molecule has 37 heavy (non-hydrogen) atoms. The Kier molecular flexibility index (Phi) is 7.37. The number of imidazole rings is 1. The van der Waals surface area contributed by atoms with E-state index in [-0.39, 0.29) is 0 Å². The molecule has 0 aliphatic carbocycles. The summed E-state index contributed by atoms with van der Waals surface area (Å²) in [5, 5.41) is 8.84. The number of carboxylic acid groups (broad SMARTS) is 1. The number of nitrogens with zero attached hydrogens (tertiary/aromatic N) is 1. The first-order chi connectivity index (χ1) is 17.6. The molecule has 4 rings (SSSR count). The fraction of sp³-hybridized carbons (Fsp3) is 0.185. The molecule has 4 aromatic rings. The predicted octanol–water partition coefficient (Wildman–Crippen LogP) is 6.04. The van der Waals surface area contributed by atoms with Crippen LogP contribution in [-0.4, -0.2) is 34.8 Å². The molecule has 1 atom stereocenters. The molecule has 0 bridgehead atoms. The molecule has 1 unspecified atom stereocenters. The van der Waals surface area contributed by atoms with Gasteiger partial charge < -0.3 is 24.3 Å². The van der Waals surface area contributed by atoms with E-state index in [0.717, 1.165) is 17.7 Å². The molecule has 7 nitrogen and oxygen atoms in total. The third kappa shape index (κ3) is 6.21. The van der Waals surface area contributed by atoms with Crippen LogP contribution in [0.5, 0.6) is 17.2 Å². The second-order valence-electron chi connectivity index (χ2n) is 8.13. The molecule has 0 aliphatic rings. The minimum Gasteiger partial charge on any atom is -0.497 e. The van der Waals surface area contributed by atoms with Crippen LogP contribution in [0.2, 0.25) is 0 Å². The largest absolute Gasteiger partial charge is 0.497 e. The van der Waals surface area contributed by atoms with E-state index in [4.69, 9.17) is 19.3 Å². The molecule has 3 aromatic carbocycles. The van der Waals surface area contributed by atoms with E-state index >= 15 is 0 Å². The molecule has 0 spiro atoms. The van der Waals surface area contributed by atoms with Crippen molar-refractivity contribution in [1.29, 1.82) is 0 Å². The van der Waals surface area contributed by atoms with Crippen LogP contribution in [0.3, 0.4) is 0 Å². The number of aromatic amines is 1. The van der Waals surface area contributed by atoms with Gasteiger partial charge in [-0.2, -0.15) is 13.2 Å². The number of hydrogen-bond donors (Lipinski definition) is 2. The van der Waals surface area contributed by atoms with Crippen molar-refractivity contribution in [3.05, 3.63) is 95.3 Å². The van der Waals surface area contributed by atoms with E-state index in [1.165, 1.54) is 12.1 Å². The number of hydrogen-bond acceptors (Lipinski definition) is 5. The fourth-order valence-electron chi connectivity index (χ4n) is 3.65. The highest BCUT2D eigenvalue weighted by Crippen LogP contribution is 2.34. The van der Waals surface area contributed by atoms with Gasteiger partial charge in [0, 0.05) is 11.8 Å². The third-order valence-electron chi connectivity index (χ3n) is 5.52. The highest BCUT2D eigenvalue weighted by Gasteiger charge is 2.31. The zero-order valence-electron chi connectivity index (χ0n) is 19.9. The van der Waals surface area contributed by atoms with Crippen LogP contribution in [0.4, 0.5) is 13.2 Å². The Morgan fingerprint density at radius 2 is 1.70 bits per heavy atom. The highest BCUT2D eigenvalue weighted by atomic mass is 19.4. The number of ether oxygens (including phenoxy) is 3. The molecule has 2 N–H and O–H groups in total. The maximum absolute atomic E-state index is 13.1. The van der Waals surface area contributed by atoms with Crippen molar-refractivity contribution < 1.29 is 37.3 Å². The summed E-state index contributed by atoms with van der Waals surface area (Å²) in [4.78, 5) is 18.5. The van der Waals surface area contributed by atoms with E-state index in [0.29, 0.717) is 39.9 Å². The lowest BCUT2D eigenvalue weighted by Crippen LogP contribution is -2.12. The maximum Gasteiger partial charge on any atom is 0.416 e. The monoisotopic (exact) mass is 512 g/mol. The number of halogens is 3. The van der Waals surface area contributed by atoms with Crippen molar-refractivity contribution in [2.75, 3.05) is 13.7 Å². The number of nitrogens with one attached hydrogen (secondary N) is 1. The van der Waals surface area contributed by atoms with E-state index in [1.807, 2.05) is 12.1 Å². The number of H-pyrrole nitrogens is 1. The molecular weight excluding hydrogens is 489 g/mol. The van der Waals surface area contributed by atoms with Crippen LogP contribution in [0, 0.1) is 6.92 Å². The summed E-state index contributed by atoms with van der Waals surface area (Å²) < 4.78 is 56.0. The molecule has 0 radical (unpaired) electrons. The van der Waals surface area contributed by atoms with Gasteiger partial charge in [0.2, 0.25) is 0 Å². The van der Waals surface area contributed by atoms with Crippen LogP contribution in [0.25, 0.3) is 11.4 Å². The third-order valence-corrected chi connectivity index (χ3v) is 5.52. The molecule has 0 saturated heterocycles. The van der Waals surface area contributed by atoms with E-state index in [9.17, 15) is 18.0 Å². The first kappa shape index (κ1) is 25.6. The standard InChI is InChI=1S/C27H23F3N2O5/c1-16-13-21(11-12-23(16)36-15-24(33)34)37-25(17-3-7-19(8-4-17)27(28,29)30)22-14-31-26(32-22)18-5-9-20(35-2)10-6-18/h3-14,25H,15H2,1-2H3,(H,31,32)(H,33,34). The van der Waals surface area contributed by atoms with Crippen molar-refractivity contribution in [2.24, 2.45) is 0 Å². The second-order valence-corrected chi connectivity index (χ2v) is 8.13. The minimum absolute atomic E-state index is 0.377. The summed E-state index contributed by atoms with van der Waals surface area (Å²) in [6.45, 7) is 1.24. The molecule has 0 amide bonds. The van der Waals surface area contributed by atoms with Crippen LogP contribution in [0.15, 0.2) is 72.9 Å². The summed E-state index contributed by atoms with van der Waals surface area (Å²) in [5.41, 5.74) is 1.56. The van der Waals surface area contributed by atoms with Crippen molar-refractivity contribution in [3.8, 4) is 28.6 Å². The molecule has 1 heterocycles. The van der Waals surface area contributed by atoms with Crippen LogP contribution in [0.1, 0.15) is 28.5 Å². The number of methoxy groups -OCH3 is 1. The van der Waals surface area contributed by atoms with Gasteiger partial charge in [0.1, 0.15) is 28.8 Å². The van der Waals surface area contributed by atoms with Gasteiger partial charge >= 0.3 is 12.1 Å². The fourth-order valence-corrected chi connectivity index (χ4v) is 3.65. The second kappa shape index (κ2) is 10.7. The molecule has 10 heteroatoms. The van der Waals surface area contributed by atoms with Crippen molar-refractivity contribution >= 4 is 5.97 Å². The number of aliphatic carboxylic acids is 1. The number of aromatic nitrogens is 2. The molecule has 1 aromatic heterocycles. The Morgan fingerprint density at radius 1 is 1.03 bits per heavy atom. The quantitative estimate of drug-likeness (QED) is 0.284. The first-order valence-corrected chi connectivity index (χ1v) is 11.1. The highest BCUT2D eigenvalue weighted by molar-refractivity contribution is 5.68. The van der Waals surface area contributed by atoms with Gasteiger partial charge in [0.15, 0.2) is 12.7 Å². The topological polar surface area (TPSA) is 93.7 Å². The Balaban J connectivity index is 1.66. The number of aryl methyl sites for hydroxylation is 1. The van der Waals surface area contributed by atoms with E-state index < -0.39 is 30.4 Å². The van der Waals surface area contributed by atoms with E-state index in [1.54, 1.807) is 50.6 Å². The maximum atomic E-state index is 13.1. The molecule has 0 aliphatic heterocycles. The van der Waals surface area contributed by atoms with Gasteiger partial charge in [-0.15, -0.1) is 0 Å². The average Bonchev–Trinajstić information content (AvgIpc) is 3.36. The lowest BCUT2D eigenvalue weighted by atomic mass is 10.0. The normalized spacial score (nSPS) is 12.1. The zero-order chi connectivity index (χ0) is 26.6. The van der Waals surface area contributed by atoms with Gasteiger partial charge in [0.05, 0.1) is 12.7 Å². The lowest BCUT2D eigenvalue weighted by Gasteiger charge is -2.19. The average molecular weight is 512 g/mol. The number of carbonyl (C=O) groups is 1. The number of rotatable bonds is 9. The van der Waals surface area contributed by atoms with E-state index in [2.05, 4.69) is 9.97 Å².